The zero-order valence-corrected chi connectivity index (χ0v) is 13.8. The van der Waals surface area contributed by atoms with Gasteiger partial charge in [-0.15, -0.1) is 0 Å². The van der Waals surface area contributed by atoms with Crippen molar-refractivity contribution in [1.82, 2.24) is 4.98 Å². The summed E-state index contributed by atoms with van der Waals surface area (Å²) in [6, 6.07) is 12.0. The van der Waals surface area contributed by atoms with Crippen molar-refractivity contribution in [3.8, 4) is 11.3 Å². The Morgan fingerprint density at radius 2 is 1.96 bits per heavy atom. The van der Waals surface area contributed by atoms with E-state index in [2.05, 4.69) is 4.98 Å². The smallest absolute Gasteiger partial charge is 0.308 e. The minimum Gasteiger partial charge on any atom is -0.481 e. The van der Waals surface area contributed by atoms with E-state index in [1.54, 1.807) is 30.3 Å². The molecule has 1 fully saturated rings. The first-order valence-electron chi connectivity index (χ1n) is 8.14. The third kappa shape index (κ3) is 3.60. The van der Waals surface area contributed by atoms with Crippen molar-refractivity contribution < 1.29 is 14.8 Å². The average Bonchev–Trinajstić information content (AvgIpc) is 2.61. The van der Waals surface area contributed by atoms with Crippen LogP contribution in [0.1, 0.15) is 13.3 Å². The molecule has 0 saturated carbocycles. The lowest BCUT2D eigenvalue weighted by molar-refractivity contribution is -0.384. The molecule has 1 aliphatic rings. The number of rotatable bonds is 4. The monoisotopic (exact) mass is 341 g/mol. The molecule has 0 bridgehead atoms. The van der Waals surface area contributed by atoms with E-state index in [-0.39, 0.29) is 11.6 Å². The molecule has 2 unspecified atom stereocenters. The van der Waals surface area contributed by atoms with Crippen LogP contribution in [0.2, 0.25) is 0 Å². The van der Waals surface area contributed by atoms with Crippen molar-refractivity contribution >= 4 is 17.5 Å². The first-order chi connectivity index (χ1) is 12.0. The maximum Gasteiger partial charge on any atom is 0.308 e. The molecule has 1 saturated heterocycles. The molecule has 2 aromatic rings. The molecule has 2 heterocycles. The number of benzene rings is 1. The van der Waals surface area contributed by atoms with Gasteiger partial charge in [-0.3, -0.25) is 14.9 Å². The molecule has 0 aliphatic carbocycles. The van der Waals surface area contributed by atoms with Gasteiger partial charge in [-0.25, -0.2) is 4.98 Å². The lowest BCUT2D eigenvalue weighted by Crippen LogP contribution is -2.43. The van der Waals surface area contributed by atoms with E-state index in [4.69, 9.17) is 0 Å². The Labute approximate surface area is 145 Å². The number of aromatic nitrogens is 1. The second kappa shape index (κ2) is 6.88. The summed E-state index contributed by atoms with van der Waals surface area (Å²) >= 11 is 0. The Hall–Kier alpha value is -2.96. The van der Waals surface area contributed by atoms with Gasteiger partial charge >= 0.3 is 5.97 Å². The van der Waals surface area contributed by atoms with Gasteiger partial charge in [-0.05, 0) is 18.4 Å². The Morgan fingerprint density at radius 3 is 2.60 bits per heavy atom. The van der Waals surface area contributed by atoms with Crippen LogP contribution < -0.4 is 4.90 Å². The van der Waals surface area contributed by atoms with Crippen LogP contribution in [-0.2, 0) is 4.79 Å². The molecule has 0 radical (unpaired) electrons. The van der Waals surface area contributed by atoms with Crippen molar-refractivity contribution in [2.75, 3.05) is 18.0 Å². The Bertz CT molecular complexity index is 794. The van der Waals surface area contributed by atoms with Gasteiger partial charge in [0.1, 0.15) is 5.82 Å². The number of anilines is 1. The zero-order valence-electron chi connectivity index (χ0n) is 13.8. The maximum absolute atomic E-state index is 11.4. The fourth-order valence-electron chi connectivity index (χ4n) is 3.29. The third-order valence-corrected chi connectivity index (χ3v) is 4.44. The van der Waals surface area contributed by atoms with Crippen LogP contribution in [0.15, 0.2) is 42.5 Å². The standard InChI is InChI=1S/C18H19N3O4/c1-12-9-14(18(22)23)11-20(10-12)16-8-7-15(21(24)25)17(19-16)13-5-3-2-4-6-13/h2-8,12,14H,9-11H2,1H3,(H,22,23). The predicted octanol–water partition coefficient (Wildman–Crippen LogP) is 3.20. The summed E-state index contributed by atoms with van der Waals surface area (Å²) in [6.45, 7) is 3.05. The number of carbonyl (C=O) groups is 1. The van der Waals surface area contributed by atoms with Gasteiger partial charge < -0.3 is 10.0 Å². The first kappa shape index (κ1) is 16.9. The minimum absolute atomic E-state index is 0.0604. The topological polar surface area (TPSA) is 96.6 Å². The van der Waals surface area contributed by atoms with Crippen LogP contribution >= 0.6 is 0 Å². The molecule has 7 nitrogen and oxygen atoms in total. The average molecular weight is 341 g/mol. The molecule has 1 aromatic carbocycles. The normalized spacial score (nSPS) is 20.3. The largest absolute Gasteiger partial charge is 0.481 e. The SMILES string of the molecule is CC1CC(C(=O)O)CN(c2ccc([N+](=O)[O-])c(-c3ccccc3)n2)C1. The highest BCUT2D eigenvalue weighted by Crippen LogP contribution is 2.32. The zero-order chi connectivity index (χ0) is 18.0. The van der Waals surface area contributed by atoms with Gasteiger partial charge in [-0.2, -0.15) is 0 Å². The highest BCUT2D eigenvalue weighted by atomic mass is 16.6. The molecule has 0 amide bonds. The molecular formula is C18H19N3O4. The van der Waals surface area contributed by atoms with Crippen molar-refractivity contribution in [3.05, 3.63) is 52.6 Å². The number of hydrogen-bond donors (Lipinski definition) is 1. The lowest BCUT2D eigenvalue weighted by atomic mass is 9.90. The second-order valence-corrected chi connectivity index (χ2v) is 6.44. The number of aliphatic carboxylic acids is 1. The molecule has 130 valence electrons. The number of hydrogen-bond acceptors (Lipinski definition) is 5. The fraction of sp³-hybridized carbons (Fsp3) is 0.333. The van der Waals surface area contributed by atoms with Gasteiger partial charge in [0.25, 0.3) is 5.69 Å². The van der Waals surface area contributed by atoms with Crippen molar-refractivity contribution in [2.24, 2.45) is 11.8 Å². The van der Waals surface area contributed by atoms with E-state index < -0.39 is 16.8 Å². The Morgan fingerprint density at radius 1 is 1.24 bits per heavy atom. The van der Waals surface area contributed by atoms with E-state index in [1.165, 1.54) is 6.07 Å². The highest BCUT2D eigenvalue weighted by Gasteiger charge is 2.31. The van der Waals surface area contributed by atoms with E-state index in [0.717, 1.165) is 0 Å². The summed E-state index contributed by atoms with van der Waals surface area (Å²) < 4.78 is 0. The van der Waals surface area contributed by atoms with Gasteiger partial charge in [0.2, 0.25) is 0 Å². The van der Waals surface area contributed by atoms with Crippen LogP contribution in [0.5, 0.6) is 0 Å². The Kier molecular flexibility index (Phi) is 4.65. The van der Waals surface area contributed by atoms with Crippen LogP contribution in [-0.4, -0.2) is 34.1 Å². The number of piperidine rings is 1. The summed E-state index contributed by atoms with van der Waals surface area (Å²) in [4.78, 5) is 28.7. The quantitative estimate of drug-likeness (QED) is 0.677. The fourth-order valence-corrected chi connectivity index (χ4v) is 3.29. The second-order valence-electron chi connectivity index (χ2n) is 6.44. The summed E-state index contributed by atoms with van der Waals surface area (Å²) in [6.07, 6.45) is 0.629. The van der Waals surface area contributed by atoms with E-state index in [1.807, 2.05) is 17.9 Å². The van der Waals surface area contributed by atoms with Crippen LogP contribution in [0.25, 0.3) is 11.3 Å². The van der Waals surface area contributed by atoms with E-state index in [9.17, 15) is 20.0 Å². The first-order valence-corrected chi connectivity index (χ1v) is 8.14. The Balaban J connectivity index is 2.00. The lowest BCUT2D eigenvalue weighted by Gasteiger charge is -2.35. The molecule has 1 N–H and O–H groups in total. The van der Waals surface area contributed by atoms with Gasteiger partial charge in [0.15, 0.2) is 5.69 Å². The van der Waals surface area contributed by atoms with E-state index in [0.29, 0.717) is 36.6 Å². The molecule has 0 spiro atoms. The number of nitro groups is 1. The summed E-state index contributed by atoms with van der Waals surface area (Å²) in [5.41, 5.74) is 0.902. The van der Waals surface area contributed by atoms with Crippen molar-refractivity contribution in [2.45, 2.75) is 13.3 Å². The molecule has 1 aliphatic heterocycles. The van der Waals surface area contributed by atoms with Crippen LogP contribution in [0.4, 0.5) is 11.5 Å². The van der Waals surface area contributed by atoms with Gasteiger partial charge in [0.05, 0.1) is 10.8 Å². The van der Waals surface area contributed by atoms with Crippen LogP contribution in [0, 0.1) is 22.0 Å². The minimum atomic E-state index is -0.818. The van der Waals surface area contributed by atoms with Crippen LogP contribution in [0.3, 0.4) is 0 Å². The van der Waals surface area contributed by atoms with Crippen molar-refractivity contribution in [3.63, 3.8) is 0 Å². The molecule has 1 aromatic heterocycles. The van der Waals surface area contributed by atoms with E-state index >= 15 is 0 Å². The molecule has 3 rings (SSSR count). The highest BCUT2D eigenvalue weighted by molar-refractivity contribution is 5.73. The summed E-state index contributed by atoms with van der Waals surface area (Å²) in [7, 11) is 0. The summed E-state index contributed by atoms with van der Waals surface area (Å²) in [5.74, 6) is -0.489. The molecule has 2 atom stereocenters. The number of pyridine rings is 1. The molecule has 25 heavy (non-hydrogen) atoms. The summed E-state index contributed by atoms with van der Waals surface area (Å²) in [5, 5.41) is 20.7. The molecular weight excluding hydrogens is 322 g/mol. The number of nitrogens with zero attached hydrogens (tertiary/aromatic N) is 3. The van der Waals surface area contributed by atoms with Gasteiger partial charge in [0, 0.05) is 24.7 Å². The number of carboxylic acid groups (broad SMARTS) is 1. The predicted molar refractivity (Wildman–Crippen MR) is 93.4 cm³/mol. The van der Waals surface area contributed by atoms with Gasteiger partial charge in [-0.1, -0.05) is 37.3 Å². The third-order valence-electron chi connectivity index (χ3n) is 4.44. The maximum atomic E-state index is 11.4. The molecule has 7 heteroatoms. The van der Waals surface area contributed by atoms with Crippen molar-refractivity contribution in [1.29, 1.82) is 0 Å². The number of carboxylic acids is 1.